The van der Waals surface area contributed by atoms with E-state index in [4.69, 9.17) is 4.74 Å². The highest BCUT2D eigenvalue weighted by Crippen LogP contribution is 2.25. The lowest BCUT2D eigenvalue weighted by atomic mass is 10.1. The molecular weight excluding hydrogens is 264 g/mol. The van der Waals surface area contributed by atoms with Gasteiger partial charge in [-0.3, -0.25) is 0 Å². The van der Waals surface area contributed by atoms with Gasteiger partial charge < -0.3 is 20.1 Å². The first-order chi connectivity index (χ1) is 9.95. The van der Waals surface area contributed by atoms with Crippen molar-refractivity contribution in [3.8, 4) is 5.75 Å². The van der Waals surface area contributed by atoms with Crippen LogP contribution in [0.5, 0.6) is 5.75 Å². The molecule has 0 heterocycles. The number of hydrogen-bond acceptors (Lipinski definition) is 4. The minimum absolute atomic E-state index is 0.539. The van der Waals surface area contributed by atoms with Gasteiger partial charge in [0.25, 0.3) is 0 Å². The highest BCUT2D eigenvalue weighted by molar-refractivity contribution is 5.38. The molecular formula is C17H30N2O2. The zero-order valence-electron chi connectivity index (χ0n) is 14.0. The summed E-state index contributed by atoms with van der Waals surface area (Å²) in [7, 11) is 3.77. The van der Waals surface area contributed by atoms with E-state index in [9.17, 15) is 5.11 Å². The highest BCUT2D eigenvalue weighted by atomic mass is 16.5. The van der Waals surface area contributed by atoms with E-state index in [2.05, 4.69) is 31.1 Å². The third kappa shape index (κ3) is 6.04. The Bertz CT molecular complexity index is 421. The van der Waals surface area contributed by atoms with Crippen LogP contribution in [0.2, 0.25) is 0 Å². The van der Waals surface area contributed by atoms with Crippen LogP contribution >= 0.6 is 0 Å². The molecule has 0 aliphatic carbocycles. The maximum atomic E-state index is 10.3. The standard InChI is InChI=1S/C17H30N2O2/c1-13(2)19(4)10-6-9-18-12-16(20)15-11-14(3)7-8-17(15)21-5/h7-8,11,13,16,18,20H,6,9-10,12H2,1-5H3. The first-order valence-corrected chi connectivity index (χ1v) is 7.69. The van der Waals surface area contributed by atoms with Gasteiger partial charge in [0, 0.05) is 18.2 Å². The second-order valence-electron chi connectivity index (χ2n) is 5.89. The summed E-state index contributed by atoms with van der Waals surface area (Å²) in [6, 6.07) is 6.46. The van der Waals surface area contributed by atoms with Gasteiger partial charge in [0.2, 0.25) is 0 Å². The summed E-state index contributed by atoms with van der Waals surface area (Å²) in [6.45, 7) is 8.93. The van der Waals surface area contributed by atoms with Gasteiger partial charge >= 0.3 is 0 Å². The van der Waals surface area contributed by atoms with Crippen molar-refractivity contribution in [2.24, 2.45) is 0 Å². The molecule has 0 amide bonds. The van der Waals surface area contributed by atoms with Crippen molar-refractivity contribution >= 4 is 0 Å². The number of aliphatic hydroxyl groups is 1. The van der Waals surface area contributed by atoms with Crippen molar-refractivity contribution in [1.29, 1.82) is 0 Å². The van der Waals surface area contributed by atoms with Crippen molar-refractivity contribution < 1.29 is 9.84 Å². The van der Waals surface area contributed by atoms with E-state index in [0.717, 1.165) is 36.4 Å². The number of rotatable bonds is 9. The molecule has 120 valence electrons. The average Bonchev–Trinajstić information content (AvgIpc) is 2.46. The van der Waals surface area contributed by atoms with E-state index in [1.54, 1.807) is 7.11 Å². The Kier molecular flexibility index (Phi) is 7.72. The second-order valence-corrected chi connectivity index (χ2v) is 5.89. The molecule has 0 spiro atoms. The molecule has 0 saturated carbocycles. The number of methoxy groups -OCH3 is 1. The average molecular weight is 294 g/mol. The molecule has 0 aliphatic heterocycles. The molecule has 0 radical (unpaired) electrons. The largest absolute Gasteiger partial charge is 0.496 e. The third-order valence-corrected chi connectivity index (χ3v) is 3.83. The lowest BCUT2D eigenvalue weighted by Crippen LogP contribution is -2.30. The number of ether oxygens (including phenoxy) is 1. The summed E-state index contributed by atoms with van der Waals surface area (Å²) in [6.07, 6.45) is 0.537. The van der Waals surface area contributed by atoms with Gasteiger partial charge in [-0.1, -0.05) is 11.6 Å². The van der Waals surface area contributed by atoms with Crippen LogP contribution in [0.15, 0.2) is 18.2 Å². The van der Waals surface area contributed by atoms with Gasteiger partial charge in [-0.15, -0.1) is 0 Å². The smallest absolute Gasteiger partial charge is 0.124 e. The number of hydrogen-bond donors (Lipinski definition) is 2. The van der Waals surface area contributed by atoms with E-state index in [1.165, 1.54) is 0 Å². The maximum absolute atomic E-state index is 10.3. The molecule has 0 aromatic heterocycles. The first kappa shape index (κ1) is 18.0. The fraction of sp³-hybridized carbons (Fsp3) is 0.647. The van der Waals surface area contributed by atoms with Crippen LogP contribution in [0.4, 0.5) is 0 Å². The molecule has 1 rings (SSSR count). The number of aliphatic hydroxyl groups excluding tert-OH is 1. The van der Waals surface area contributed by atoms with Gasteiger partial charge in [-0.2, -0.15) is 0 Å². The summed E-state index contributed by atoms with van der Waals surface area (Å²) in [5, 5.41) is 13.6. The van der Waals surface area contributed by atoms with Gasteiger partial charge in [-0.25, -0.2) is 0 Å². The third-order valence-electron chi connectivity index (χ3n) is 3.83. The summed E-state index contributed by atoms with van der Waals surface area (Å²) in [4.78, 5) is 2.32. The second kappa shape index (κ2) is 9.03. The van der Waals surface area contributed by atoms with Crippen LogP contribution in [-0.2, 0) is 0 Å². The zero-order valence-corrected chi connectivity index (χ0v) is 14.0. The van der Waals surface area contributed by atoms with Crippen LogP contribution in [0.1, 0.15) is 37.5 Å². The van der Waals surface area contributed by atoms with Crippen LogP contribution in [0, 0.1) is 6.92 Å². The molecule has 21 heavy (non-hydrogen) atoms. The quantitative estimate of drug-likeness (QED) is 0.686. The molecule has 0 bridgehead atoms. The summed E-state index contributed by atoms with van der Waals surface area (Å²) >= 11 is 0. The molecule has 1 aromatic rings. The van der Waals surface area contributed by atoms with E-state index in [-0.39, 0.29) is 0 Å². The molecule has 2 N–H and O–H groups in total. The Balaban J connectivity index is 2.37. The van der Waals surface area contributed by atoms with Gasteiger partial charge in [0.05, 0.1) is 13.2 Å². The first-order valence-electron chi connectivity index (χ1n) is 7.69. The molecule has 0 aliphatic rings. The van der Waals surface area contributed by atoms with Gasteiger partial charge in [0.1, 0.15) is 5.75 Å². The predicted molar refractivity (Wildman–Crippen MR) is 87.9 cm³/mol. The van der Waals surface area contributed by atoms with E-state index < -0.39 is 6.10 Å². The van der Waals surface area contributed by atoms with E-state index in [0.29, 0.717) is 12.6 Å². The number of nitrogens with one attached hydrogen (secondary N) is 1. The van der Waals surface area contributed by atoms with E-state index in [1.807, 2.05) is 25.1 Å². The Morgan fingerprint density at radius 2 is 2.05 bits per heavy atom. The summed E-state index contributed by atoms with van der Waals surface area (Å²) in [5.74, 6) is 0.745. The molecule has 1 atom stereocenters. The molecule has 4 heteroatoms. The van der Waals surface area contributed by atoms with Gasteiger partial charge in [-0.05, 0) is 59.5 Å². The SMILES string of the molecule is COc1ccc(C)cc1C(O)CNCCCN(C)C(C)C. The Morgan fingerprint density at radius 3 is 2.67 bits per heavy atom. The van der Waals surface area contributed by atoms with Crippen LogP contribution in [0.25, 0.3) is 0 Å². The van der Waals surface area contributed by atoms with Gasteiger partial charge in [0.15, 0.2) is 0 Å². The van der Waals surface area contributed by atoms with Crippen molar-refractivity contribution in [1.82, 2.24) is 10.2 Å². The molecule has 0 fully saturated rings. The highest BCUT2D eigenvalue weighted by Gasteiger charge is 2.13. The summed E-state index contributed by atoms with van der Waals surface area (Å²) < 4.78 is 5.31. The fourth-order valence-electron chi connectivity index (χ4n) is 2.17. The van der Waals surface area contributed by atoms with Crippen LogP contribution < -0.4 is 10.1 Å². The van der Waals surface area contributed by atoms with Crippen molar-refractivity contribution in [2.75, 3.05) is 33.8 Å². The summed E-state index contributed by atoms with van der Waals surface area (Å²) in [5.41, 5.74) is 1.98. The predicted octanol–water partition coefficient (Wildman–Crippen LogP) is 2.36. The molecule has 1 aromatic carbocycles. The van der Waals surface area contributed by atoms with Crippen LogP contribution in [-0.4, -0.2) is 49.8 Å². The van der Waals surface area contributed by atoms with E-state index >= 15 is 0 Å². The number of nitrogens with zero attached hydrogens (tertiary/aromatic N) is 1. The topological polar surface area (TPSA) is 44.7 Å². The Labute approximate surface area is 129 Å². The Hall–Kier alpha value is -1.10. The van der Waals surface area contributed by atoms with Crippen molar-refractivity contribution in [2.45, 2.75) is 39.3 Å². The fourth-order valence-corrected chi connectivity index (χ4v) is 2.17. The maximum Gasteiger partial charge on any atom is 0.124 e. The van der Waals surface area contributed by atoms with Crippen molar-refractivity contribution in [3.63, 3.8) is 0 Å². The normalized spacial score (nSPS) is 13.0. The molecule has 1 unspecified atom stereocenters. The lowest BCUT2D eigenvalue weighted by molar-refractivity contribution is 0.169. The van der Waals surface area contributed by atoms with Crippen molar-refractivity contribution in [3.05, 3.63) is 29.3 Å². The lowest BCUT2D eigenvalue weighted by Gasteiger charge is -2.21. The zero-order chi connectivity index (χ0) is 15.8. The molecule has 4 nitrogen and oxygen atoms in total. The number of benzene rings is 1. The monoisotopic (exact) mass is 294 g/mol. The minimum Gasteiger partial charge on any atom is -0.496 e. The Morgan fingerprint density at radius 1 is 1.33 bits per heavy atom. The minimum atomic E-state index is -0.539. The van der Waals surface area contributed by atoms with Crippen LogP contribution in [0.3, 0.4) is 0 Å². The number of aryl methyl sites for hydroxylation is 1. The molecule has 0 saturated heterocycles.